The summed E-state index contributed by atoms with van der Waals surface area (Å²) in [5.41, 5.74) is 1.36. The van der Waals surface area contributed by atoms with E-state index in [9.17, 15) is 4.79 Å². The van der Waals surface area contributed by atoms with E-state index in [2.05, 4.69) is 6.58 Å². The van der Waals surface area contributed by atoms with Gasteiger partial charge in [0.1, 0.15) is 30.5 Å². The van der Waals surface area contributed by atoms with E-state index in [1.165, 1.54) is 0 Å². The van der Waals surface area contributed by atoms with Crippen LogP contribution in [-0.4, -0.2) is 32.4 Å². The number of rotatable bonds is 10. The van der Waals surface area contributed by atoms with Gasteiger partial charge in [-0.25, -0.2) is 4.79 Å². The van der Waals surface area contributed by atoms with E-state index in [0.29, 0.717) is 25.4 Å². The molecule has 0 saturated carbocycles. The number of ether oxygens (including phenoxy) is 4. The molecule has 0 N–H and O–H groups in total. The summed E-state index contributed by atoms with van der Waals surface area (Å²) in [6.07, 6.45) is 0. The lowest BCUT2D eigenvalue weighted by molar-refractivity contribution is -0.140. The molecule has 0 fully saturated rings. The van der Waals surface area contributed by atoms with Crippen molar-refractivity contribution in [2.45, 2.75) is 13.8 Å². The number of para-hydroxylation sites is 1. The molecular weight excluding hydrogens is 380 g/mol. The van der Waals surface area contributed by atoms with Gasteiger partial charge in [-0.1, -0.05) is 49.0 Å². The molecule has 156 valence electrons. The van der Waals surface area contributed by atoms with Gasteiger partial charge in [0.25, 0.3) is 0 Å². The highest BCUT2D eigenvalue weighted by Gasteiger charge is 2.12. The standard InChI is InChI=1S/C25H26O5/c1-18(2)25(26)29-16-14-27-13-15-28-24-19(3)17-23(21-11-7-8-12-22(21)24)30-20-9-5-4-6-10-20/h4-12,17H,1,13-16H2,2-3H3. The van der Waals surface area contributed by atoms with E-state index >= 15 is 0 Å². The van der Waals surface area contributed by atoms with E-state index in [-0.39, 0.29) is 6.61 Å². The van der Waals surface area contributed by atoms with Gasteiger partial charge in [-0.3, -0.25) is 0 Å². The van der Waals surface area contributed by atoms with Crippen LogP contribution >= 0.6 is 0 Å². The molecule has 0 spiro atoms. The minimum Gasteiger partial charge on any atom is -0.490 e. The monoisotopic (exact) mass is 406 g/mol. The number of hydrogen-bond donors (Lipinski definition) is 0. The molecule has 5 nitrogen and oxygen atoms in total. The zero-order chi connectivity index (χ0) is 21.3. The first-order valence-corrected chi connectivity index (χ1v) is 9.84. The third kappa shape index (κ3) is 5.61. The van der Waals surface area contributed by atoms with Crippen molar-refractivity contribution in [2.75, 3.05) is 26.4 Å². The second-order valence-electron chi connectivity index (χ2n) is 6.86. The predicted molar refractivity (Wildman–Crippen MR) is 117 cm³/mol. The quantitative estimate of drug-likeness (QED) is 0.254. The smallest absolute Gasteiger partial charge is 0.333 e. The number of esters is 1. The second-order valence-corrected chi connectivity index (χ2v) is 6.86. The maximum absolute atomic E-state index is 11.3. The van der Waals surface area contributed by atoms with Crippen molar-refractivity contribution in [1.29, 1.82) is 0 Å². The van der Waals surface area contributed by atoms with Crippen LogP contribution in [0.4, 0.5) is 0 Å². The molecule has 0 radical (unpaired) electrons. The minimum absolute atomic E-state index is 0.194. The van der Waals surface area contributed by atoms with Crippen molar-refractivity contribution < 1.29 is 23.7 Å². The van der Waals surface area contributed by atoms with Crippen LogP contribution in [0.1, 0.15) is 12.5 Å². The Morgan fingerprint density at radius 1 is 0.900 bits per heavy atom. The topological polar surface area (TPSA) is 54.0 Å². The van der Waals surface area contributed by atoms with Crippen LogP contribution in [0.5, 0.6) is 17.2 Å². The van der Waals surface area contributed by atoms with E-state index in [4.69, 9.17) is 18.9 Å². The van der Waals surface area contributed by atoms with Gasteiger partial charge in [0.2, 0.25) is 0 Å². The molecule has 0 amide bonds. The molecule has 0 aliphatic carbocycles. The fourth-order valence-electron chi connectivity index (χ4n) is 2.96. The molecular formula is C25H26O5. The van der Waals surface area contributed by atoms with Gasteiger partial charge < -0.3 is 18.9 Å². The van der Waals surface area contributed by atoms with E-state index < -0.39 is 5.97 Å². The summed E-state index contributed by atoms with van der Waals surface area (Å²) in [6, 6.07) is 19.7. The van der Waals surface area contributed by atoms with Crippen molar-refractivity contribution in [1.82, 2.24) is 0 Å². The summed E-state index contributed by atoms with van der Waals surface area (Å²) >= 11 is 0. The van der Waals surface area contributed by atoms with Crippen LogP contribution in [0.3, 0.4) is 0 Å². The third-order valence-electron chi connectivity index (χ3n) is 4.40. The zero-order valence-electron chi connectivity index (χ0n) is 17.4. The van der Waals surface area contributed by atoms with Gasteiger partial charge in [0.15, 0.2) is 0 Å². The number of carbonyl (C=O) groups excluding carboxylic acids is 1. The Morgan fingerprint density at radius 3 is 2.30 bits per heavy atom. The largest absolute Gasteiger partial charge is 0.490 e. The number of hydrogen-bond acceptors (Lipinski definition) is 5. The molecule has 3 aromatic carbocycles. The minimum atomic E-state index is -0.408. The maximum Gasteiger partial charge on any atom is 0.333 e. The van der Waals surface area contributed by atoms with Gasteiger partial charge >= 0.3 is 5.97 Å². The number of benzene rings is 3. The van der Waals surface area contributed by atoms with E-state index in [0.717, 1.165) is 33.6 Å². The Balaban J connectivity index is 1.61. The summed E-state index contributed by atoms with van der Waals surface area (Å²) in [4.78, 5) is 11.3. The normalized spacial score (nSPS) is 10.6. The lowest BCUT2D eigenvalue weighted by Gasteiger charge is -2.16. The van der Waals surface area contributed by atoms with Crippen LogP contribution in [0, 0.1) is 6.92 Å². The first-order valence-electron chi connectivity index (χ1n) is 9.84. The predicted octanol–water partition coefficient (Wildman–Crippen LogP) is 5.46. The molecule has 3 aromatic rings. The molecule has 0 atom stereocenters. The van der Waals surface area contributed by atoms with Crippen LogP contribution in [-0.2, 0) is 14.3 Å². The molecule has 0 aromatic heterocycles. The summed E-state index contributed by atoms with van der Waals surface area (Å²) in [5, 5.41) is 1.97. The number of carbonyl (C=O) groups is 1. The molecule has 3 rings (SSSR count). The number of fused-ring (bicyclic) bond motifs is 1. The number of aryl methyl sites for hydroxylation is 1. The summed E-state index contributed by atoms with van der Waals surface area (Å²) in [5.74, 6) is 1.98. The fraction of sp³-hybridized carbons (Fsp3) is 0.240. The van der Waals surface area contributed by atoms with Gasteiger partial charge in [-0.2, -0.15) is 0 Å². The highest BCUT2D eigenvalue weighted by molar-refractivity contribution is 5.94. The Labute approximate surface area is 176 Å². The van der Waals surface area contributed by atoms with Crippen LogP contribution < -0.4 is 9.47 Å². The van der Waals surface area contributed by atoms with Crippen molar-refractivity contribution in [3.05, 3.63) is 78.4 Å². The van der Waals surface area contributed by atoms with E-state index in [1.54, 1.807) is 6.92 Å². The van der Waals surface area contributed by atoms with Crippen molar-refractivity contribution in [3.63, 3.8) is 0 Å². The lowest BCUT2D eigenvalue weighted by Crippen LogP contribution is -2.14. The Hall–Kier alpha value is -3.31. The summed E-state index contributed by atoms with van der Waals surface area (Å²) in [7, 11) is 0. The summed E-state index contributed by atoms with van der Waals surface area (Å²) in [6.45, 7) is 8.43. The Bertz CT molecular complexity index is 1010. The molecule has 30 heavy (non-hydrogen) atoms. The lowest BCUT2D eigenvalue weighted by atomic mass is 10.0. The zero-order valence-corrected chi connectivity index (χ0v) is 17.4. The highest BCUT2D eigenvalue weighted by Crippen LogP contribution is 2.38. The highest BCUT2D eigenvalue weighted by atomic mass is 16.6. The Kier molecular flexibility index (Phi) is 7.46. The second kappa shape index (κ2) is 10.5. The molecule has 0 aliphatic heterocycles. The fourth-order valence-corrected chi connectivity index (χ4v) is 2.96. The molecule has 5 heteroatoms. The molecule has 0 saturated heterocycles. The summed E-state index contributed by atoms with van der Waals surface area (Å²) < 4.78 is 22.6. The van der Waals surface area contributed by atoms with Gasteiger partial charge in [-0.15, -0.1) is 0 Å². The van der Waals surface area contributed by atoms with Crippen molar-refractivity contribution in [3.8, 4) is 17.2 Å². The van der Waals surface area contributed by atoms with Gasteiger partial charge in [0, 0.05) is 16.3 Å². The van der Waals surface area contributed by atoms with Crippen LogP contribution in [0.15, 0.2) is 72.8 Å². The molecule has 0 bridgehead atoms. The van der Waals surface area contributed by atoms with Gasteiger partial charge in [-0.05, 0) is 37.6 Å². The Morgan fingerprint density at radius 2 is 1.57 bits per heavy atom. The van der Waals surface area contributed by atoms with Gasteiger partial charge in [0.05, 0.1) is 13.2 Å². The van der Waals surface area contributed by atoms with Crippen LogP contribution in [0.25, 0.3) is 10.8 Å². The molecule has 0 heterocycles. The SMILES string of the molecule is C=C(C)C(=O)OCCOCCOc1c(C)cc(Oc2ccccc2)c2ccccc12. The van der Waals surface area contributed by atoms with Crippen molar-refractivity contribution in [2.24, 2.45) is 0 Å². The third-order valence-corrected chi connectivity index (χ3v) is 4.40. The first-order chi connectivity index (χ1) is 14.6. The molecule has 0 aliphatic rings. The molecule has 0 unspecified atom stereocenters. The average Bonchev–Trinajstić information content (AvgIpc) is 2.75. The van der Waals surface area contributed by atoms with Crippen molar-refractivity contribution >= 4 is 16.7 Å². The maximum atomic E-state index is 11.3. The van der Waals surface area contributed by atoms with E-state index in [1.807, 2.05) is 67.6 Å². The van der Waals surface area contributed by atoms with Crippen LogP contribution in [0.2, 0.25) is 0 Å². The first kappa shape index (κ1) is 21.4. The average molecular weight is 406 g/mol.